The van der Waals surface area contributed by atoms with Gasteiger partial charge in [-0.25, -0.2) is 0 Å². The van der Waals surface area contributed by atoms with Crippen LogP contribution in [0.15, 0.2) is 24.3 Å². The van der Waals surface area contributed by atoms with Crippen LogP contribution in [-0.4, -0.2) is 6.18 Å². The molecule has 2 nitrogen and oxygen atoms in total. The van der Waals surface area contributed by atoms with Crippen LogP contribution in [-0.2, 0) is 6.42 Å². The lowest BCUT2D eigenvalue weighted by atomic mass is 9.99. The van der Waals surface area contributed by atoms with E-state index < -0.39 is 12.2 Å². The molecule has 1 rings (SSSR count). The molecule has 2 N–H and O–H groups in total. The first-order valence-corrected chi connectivity index (χ1v) is 4.24. The molecule has 0 amide bonds. The third kappa shape index (κ3) is 2.70. The normalized spacial score (nSPS) is 13.3. The number of alkyl halides is 3. The molecule has 0 heterocycles. The van der Waals surface area contributed by atoms with Gasteiger partial charge in [-0.3, -0.25) is 0 Å². The average molecular weight is 214 g/mol. The summed E-state index contributed by atoms with van der Waals surface area (Å²) >= 11 is 0. The summed E-state index contributed by atoms with van der Waals surface area (Å²) in [4.78, 5) is 0. The van der Waals surface area contributed by atoms with E-state index in [2.05, 4.69) is 0 Å². The van der Waals surface area contributed by atoms with E-state index in [9.17, 15) is 13.2 Å². The van der Waals surface area contributed by atoms with Gasteiger partial charge in [0.25, 0.3) is 0 Å². The quantitative estimate of drug-likeness (QED) is 0.821. The lowest BCUT2D eigenvalue weighted by Gasteiger charge is -2.18. The van der Waals surface area contributed by atoms with Crippen molar-refractivity contribution in [3.63, 3.8) is 0 Å². The molecule has 0 unspecified atom stereocenters. The minimum atomic E-state index is -4.48. The molecule has 15 heavy (non-hydrogen) atoms. The molecule has 1 aromatic rings. The van der Waals surface area contributed by atoms with Crippen molar-refractivity contribution in [2.24, 2.45) is 5.73 Å². The summed E-state index contributed by atoms with van der Waals surface area (Å²) in [7, 11) is 0. The van der Waals surface area contributed by atoms with Gasteiger partial charge in [0.05, 0.1) is 12.5 Å². The van der Waals surface area contributed by atoms with E-state index in [1.54, 1.807) is 6.07 Å². The van der Waals surface area contributed by atoms with E-state index >= 15 is 0 Å². The number of halogens is 3. The van der Waals surface area contributed by atoms with E-state index in [4.69, 9.17) is 11.0 Å². The zero-order valence-electron chi connectivity index (χ0n) is 7.75. The molecule has 0 aliphatic rings. The van der Waals surface area contributed by atoms with Crippen molar-refractivity contribution in [2.75, 3.05) is 0 Å². The van der Waals surface area contributed by atoms with Gasteiger partial charge in [-0.05, 0) is 11.1 Å². The third-order valence-electron chi connectivity index (χ3n) is 2.01. The molecule has 0 saturated heterocycles. The molecule has 0 spiro atoms. The highest BCUT2D eigenvalue weighted by molar-refractivity contribution is 5.32. The summed E-state index contributed by atoms with van der Waals surface area (Å²) < 4.78 is 37.0. The molecular formula is C10H9F3N2. The van der Waals surface area contributed by atoms with Crippen LogP contribution in [0, 0.1) is 11.3 Å². The van der Waals surface area contributed by atoms with Crippen molar-refractivity contribution in [2.45, 2.75) is 18.6 Å². The summed E-state index contributed by atoms with van der Waals surface area (Å²) in [5, 5.41) is 8.46. The summed E-state index contributed by atoms with van der Waals surface area (Å²) in [6.07, 6.45) is -4.55. The topological polar surface area (TPSA) is 49.8 Å². The number of benzene rings is 1. The smallest absolute Gasteiger partial charge is 0.316 e. The Labute approximate surface area is 85.1 Å². The van der Waals surface area contributed by atoms with Crippen molar-refractivity contribution in [3.8, 4) is 6.07 Å². The summed E-state index contributed by atoms with van der Waals surface area (Å²) in [5.74, 6) is 0. The Balaban J connectivity index is 3.09. The summed E-state index contributed by atoms with van der Waals surface area (Å²) in [6, 6.07) is 5.61. The Kier molecular flexibility index (Phi) is 3.32. The predicted molar refractivity (Wildman–Crippen MR) is 48.7 cm³/mol. The van der Waals surface area contributed by atoms with E-state index in [0.717, 1.165) is 0 Å². The highest BCUT2D eigenvalue weighted by Gasteiger charge is 2.38. The van der Waals surface area contributed by atoms with E-state index in [-0.39, 0.29) is 12.0 Å². The number of hydrogen-bond acceptors (Lipinski definition) is 2. The van der Waals surface area contributed by atoms with E-state index in [1.807, 2.05) is 6.07 Å². The highest BCUT2D eigenvalue weighted by atomic mass is 19.4. The van der Waals surface area contributed by atoms with Crippen LogP contribution in [0.3, 0.4) is 0 Å². The number of hydrogen-bond donors (Lipinski definition) is 1. The number of rotatable bonds is 2. The Morgan fingerprint density at radius 3 is 2.47 bits per heavy atom. The molecule has 0 bridgehead atoms. The zero-order chi connectivity index (χ0) is 11.5. The van der Waals surface area contributed by atoms with Gasteiger partial charge >= 0.3 is 6.18 Å². The van der Waals surface area contributed by atoms with Crippen molar-refractivity contribution < 1.29 is 13.2 Å². The zero-order valence-corrected chi connectivity index (χ0v) is 7.75. The number of nitrogens with zero attached hydrogens (tertiary/aromatic N) is 1. The maximum atomic E-state index is 12.3. The molecule has 1 aromatic carbocycles. The maximum absolute atomic E-state index is 12.3. The van der Waals surface area contributed by atoms with E-state index in [1.165, 1.54) is 18.2 Å². The van der Waals surface area contributed by atoms with Crippen molar-refractivity contribution in [1.82, 2.24) is 0 Å². The lowest BCUT2D eigenvalue weighted by molar-refractivity contribution is -0.149. The van der Waals surface area contributed by atoms with Crippen LogP contribution < -0.4 is 5.73 Å². The Hall–Kier alpha value is -1.54. The fraction of sp³-hybridized carbons (Fsp3) is 0.300. The van der Waals surface area contributed by atoms with Gasteiger partial charge in [-0.2, -0.15) is 18.4 Å². The average Bonchev–Trinajstić information content (AvgIpc) is 2.17. The second-order valence-corrected chi connectivity index (χ2v) is 3.05. The fourth-order valence-corrected chi connectivity index (χ4v) is 1.26. The summed E-state index contributed by atoms with van der Waals surface area (Å²) in [5.41, 5.74) is 5.36. The second kappa shape index (κ2) is 4.32. The first-order valence-electron chi connectivity index (χ1n) is 4.24. The van der Waals surface area contributed by atoms with Gasteiger partial charge in [-0.1, -0.05) is 24.3 Å². The monoisotopic (exact) mass is 214 g/mol. The maximum Gasteiger partial charge on any atom is 0.407 e. The summed E-state index contributed by atoms with van der Waals surface area (Å²) in [6.45, 7) is 0. The molecule has 80 valence electrons. The molecule has 5 heteroatoms. The molecule has 0 aromatic heterocycles. The van der Waals surface area contributed by atoms with Crippen LogP contribution in [0.2, 0.25) is 0 Å². The van der Waals surface area contributed by atoms with Crippen molar-refractivity contribution >= 4 is 0 Å². The fourth-order valence-electron chi connectivity index (χ4n) is 1.26. The Morgan fingerprint density at radius 1 is 1.33 bits per heavy atom. The Morgan fingerprint density at radius 2 is 1.93 bits per heavy atom. The van der Waals surface area contributed by atoms with Gasteiger partial charge < -0.3 is 5.73 Å². The SMILES string of the molecule is N#CCc1ccccc1[C@@H](N)C(F)(F)F. The van der Waals surface area contributed by atoms with Crippen LogP contribution in [0.5, 0.6) is 0 Å². The molecule has 0 aliphatic heterocycles. The number of nitriles is 1. The largest absolute Gasteiger partial charge is 0.407 e. The number of nitrogens with two attached hydrogens (primary N) is 1. The van der Waals surface area contributed by atoms with Gasteiger partial charge in [0.15, 0.2) is 0 Å². The molecular weight excluding hydrogens is 205 g/mol. The van der Waals surface area contributed by atoms with Gasteiger partial charge in [0.1, 0.15) is 6.04 Å². The van der Waals surface area contributed by atoms with Crippen LogP contribution in [0.1, 0.15) is 17.2 Å². The molecule has 1 atom stereocenters. The predicted octanol–water partition coefficient (Wildman–Crippen LogP) is 2.31. The minimum absolute atomic E-state index is 0.0356. The van der Waals surface area contributed by atoms with Crippen LogP contribution in [0.4, 0.5) is 13.2 Å². The molecule has 0 aliphatic carbocycles. The molecule has 0 saturated carbocycles. The first kappa shape index (κ1) is 11.5. The molecule has 0 radical (unpaired) electrons. The van der Waals surface area contributed by atoms with Crippen molar-refractivity contribution in [3.05, 3.63) is 35.4 Å². The second-order valence-electron chi connectivity index (χ2n) is 3.05. The minimum Gasteiger partial charge on any atom is -0.316 e. The standard InChI is InChI=1S/C10H9F3N2/c11-10(12,13)9(15)8-4-2-1-3-7(8)5-6-14/h1-4,9H,5,15H2/t9-/m1/s1. The van der Waals surface area contributed by atoms with Crippen molar-refractivity contribution in [1.29, 1.82) is 5.26 Å². The molecule has 0 fully saturated rings. The van der Waals surface area contributed by atoms with Gasteiger partial charge in [-0.15, -0.1) is 0 Å². The lowest BCUT2D eigenvalue weighted by Crippen LogP contribution is -2.29. The van der Waals surface area contributed by atoms with Gasteiger partial charge in [0, 0.05) is 0 Å². The highest BCUT2D eigenvalue weighted by Crippen LogP contribution is 2.32. The van der Waals surface area contributed by atoms with Gasteiger partial charge in [0.2, 0.25) is 0 Å². The third-order valence-corrected chi connectivity index (χ3v) is 2.01. The first-order chi connectivity index (χ1) is 6.96. The Bertz CT molecular complexity index is 379. The van der Waals surface area contributed by atoms with E-state index in [0.29, 0.717) is 5.56 Å². The van der Waals surface area contributed by atoms with Crippen LogP contribution >= 0.6 is 0 Å². The van der Waals surface area contributed by atoms with Crippen LogP contribution in [0.25, 0.3) is 0 Å².